The van der Waals surface area contributed by atoms with Crippen molar-refractivity contribution in [3.63, 3.8) is 0 Å². The monoisotopic (exact) mass is 356 g/mol. The van der Waals surface area contributed by atoms with Gasteiger partial charge in [-0.05, 0) is 44.1 Å². The van der Waals surface area contributed by atoms with Crippen molar-refractivity contribution < 1.29 is 28.2 Å². The fraction of sp³-hybridized carbons (Fsp3) is 0.600. The Kier molecular flexibility index (Phi) is 2.77. The van der Waals surface area contributed by atoms with E-state index < -0.39 is 6.29 Å². The molecule has 1 saturated carbocycles. The van der Waals surface area contributed by atoms with Crippen LogP contribution in [0.4, 0.5) is 0 Å². The first-order valence-electron chi connectivity index (χ1n) is 9.41. The SMILES string of the molecule is O=C1OC[C@]23CC[C@H]4C(=O)O[C@@H]5O[C@H](c6ccoc6)C[C@@]54[C@H]2CCC=C13. The maximum Gasteiger partial charge on any atom is 0.334 e. The average molecular weight is 356 g/mol. The van der Waals surface area contributed by atoms with Gasteiger partial charge in [0, 0.05) is 16.6 Å². The van der Waals surface area contributed by atoms with Crippen LogP contribution in [-0.4, -0.2) is 24.8 Å². The van der Waals surface area contributed by atoms with Crippen LogP contribution in [0.2, 0.25) is 0 Å². The Morgan fingerprint density at radius 3 is 2.96 bits per heavy atom. The maximum atomic E-state index is 12.6. The molecule has 0 aromatic carbocycles. The second-order valence-electron chi connectivity index (χ2n) is 8.34. The molecule has 4 fully saturated rings. The first-order valence-corrected chi connectivity index (χ1v) is 9.41. The first-order chi connectivity index (χ1) is 12.6. The summed E-state index contributed by atoms with van der Waals surface area (Å²) in [7, 11) is 0. The van der Waals surface area contributed by atoms with Crippen LogP contribution in [-0.2, 0) is 23.8 Å². The van der Waals surface area contributed by atoms with Gasteiger partial charge in [-0.1, -0.05) is 6.08 Å². The highest BCUT2D eigenvalue weighted by Gasteiger charge is 2.73. The second-order valence-corrected chi connectivity index (χ2v) is 8.34. The molecule has 1 aromatic heterocycles. The van der Waals surface area contributed by atoms with Crippen LogP contribution < -0.4 is 0 Å². The van der Waals surface area contributed by atoms with E-state index in [2.05, 4.69) is 6.08 Å². The largest absolute Gasteiger partial charge is 0.472 e. The fourth-order valence-corrected chi connectivity index (χ4v) is 6.55. The first kappa shape index (κ1) is 15.0. The lowest BCUT2D eigenvalue weighted by atomic mass is 9.46. The van der Waals surface area contributed by atoms with E-state index in [1.807, 2.05) is 6.07 Å². The second kappa shape index (κ2) is 4.80. The molecule has 0 radical (unpaired) electrons. The molecule has 6 atom stereocenters. The zero-order valence-electron chi connectivity index (χ0n) is 14.3. The van der Waals surface area contributed by atoms with Gasteiger partial charge in [0.15, 0.2) is 0 Å². The molecule has 6 nitrogen and oxygen atoms in total. The van der Waals surface area contributed by atoms with E-state index in [0.717, 1.165) is 43.2 Å². The Labute approximate surface area is 150 Å². The Morgan fingerprint density at radius 1 is 1.19 bits per heavy atom. The molecule has 2 spiro atoms. The van der Waals surface area contributed by atoms with Crippen molar-refractivity contribution in [3.8, 4) is 0 Å². The molecular weight excluding hydrogens is 336 g/mol. The topological polar surface area (TPSA) is 75.0 Å². The predicted molar refractivity (Wildman–Crippen MR) is 86.4 cm³/mol. The van der Waals surface area contributed by atoms with Crippen molar-refractivity contribution in [2.24, 2.45) is 22.7 Å². The zero-order chi connectivity index (χ0) is 17.5. The van der Waals surface area contributed by atoms with Crippen LogP contribution >= 0.6 is 0 Å². The molecular formula is C20H20O6. The summed E-state index contributed by atoms with van der Waals surface area (Å²) in [5, 5.41) is 0. The molecule has 136 valence electrons. The summed E-state index contributed by atoms with van der Waals surface area (Å²) >= 11 is 0. The van der Waals surface area contributed by atoms with Gasteiger partial charge in [-0.3, -0.25) is 4.79 Å². The number of cyclic esters (lactones) is 1. The van der Waals surface area contributed by atoms with Gasteiger partial charge in [-0.25, -0.2) is 4.79 Å². The normalized spacial score (nSPS) is 45.9. The maximum absolute atomic E-state index is 12.6. The van der Waals surface area contributed by atoms with Crippen molar-refractivity contribution in [2.45, 2.75) is 44.5 Å². The summed E-state index contributed by atoms with van der Waals surface area (Å²) in [4.78, 5) is 24.9. The zero-order valence-corrected chi connectivity index (χ0v) is 14.3. The summed E-state index contributed by atoms with van der Waals surface area (Å²) < 4.78 is 22.7. The minimum absolute atomic E-state index is 0.142. The molecule has 26 heavy (non-hydrogen) atoms. The third kappa shape index (κ3) is 1.58. The average Bonchev–Trinajstić information content (AvgIpc) is 3.37. The Balaban J connectivity index is 1.48. The molecule has 5 aliphatic rings. The number of rotatable bonds is 1. The van der Waals surface area contributed by atoms with E-state index in [0.29, 0.717) is 6.61 Å². The highest BCUT2D eigenvalue weighted by Crippen LogP contribution is 2.70. The lowest BCUT2D eigenvalue weighted by molar-refractivity contribution is -0.174. The van der Waals surface area contributed by atoms with E-state index in [1.54, 1.807) is 12.5 Å². The number of esters is 2. The fourth-order valence-electron chi connectivity index (χ4n) is 6.55. The Hall–Kier alpha value is -2.08. The number of furan rings is 1. The van der Waals surface area contributed by atoms with Gasteiger partial charge < -0.3 is 18.6 Å². The highest BCUT2D eigenvalue weighted by atomic mass is 16.7. The van der Waals surface area contributed by atoms with Crippen molar-refractivity contribution >= 4 is 11.9 Å². The highest BCUT2D eigenvalue weighted by molar-refractivity contribution is 5.93. The summed E-state index contributed by atoms with van der Waals surface area (Å²) in [6, 6.07) is 1.91. The summed E-state index contributed by atoms with van der Waals surface area (Å²) in [5.74, 6) is -0.322. The molecule has 1 aromatic rings. The van der Waals surface area contributed by atoms with E-state index in [-0.39, 0.29) is 40.7 Å². The van der Waals surface area contributed by atoms with Gasteiger partial charge in [0.25, 0.3) is 0 Å². The van der Waals surface area contributed by atoms with Crippen molar-refractivity contribution in [2.75, 3.05) is 6.61 Å². The number of carbonyl (C=O) groups excluding carboxylic acids is 2. The van der Waals surface area contributed by atoms with Crippen molar-refractivity contribution in [1.29, 1.82) is 0 Å². The lowest BCUT2D eigenvalue weighted by Gasteiger charge is -2.53. The molecule has 0 bridgehead atoms. The van der Waals surface area contributed by atoms with Gasteiger partial charge in [-0.2, -0.15) is 0 Å². The number of allylic oxidation sites excluding steroid dienone is 1. The van der Waals surface area contributed by atoms with Crippen LogP contribution in [0.1, 0.15) is 43.8 Å². The quantitative estimate of drug-likeness (QED) is 0.720. The van der Waals surface area contributed by atoms with Crippen LogP contribution in [0, 0.1) is 22.7 Å². The van der Waals surface area contributed by atoms with Crippen LogP contribution in [0.3, 0.4) is 0 Å². The molecule has 4 heterocycles. The van der Waals surface area contributed by atoms with Crippen LogP contribution in [0.25, 0.3) is 0 Å². The Bertz CT molecular complexity index is 825. The minimum atomic E-state index is -0.544. The van der Waals surface area contributed by atoms with Crippen LogP contribution in [0.5, 0.6) is 0 Å². The van der Waals surface area contributed by atoms with Gasteiger partial charge in [0.2, 0.25) is 6.29 Å². The summed E-state index contributed by atoms with van der Waals surface area (Å²) in [5.41, 5.74) is 1.14. The van der Waals surface area contributed by atoms with Gasteiger partial charge in [-0.15, -0.1) is 0 Å². The minimum Gasteiger partial charge on any atom is -0.472 e. The molecule has 3 saturated heterocycles. The molecule has 0 N–H and O–H groups in total. The number of hydrogen-bond acceptors (Lipinski definition) is 6. The summed E-state index contributed by atoms with van der Waals surface area (Å²) in [6.45, 7) is 0.425. The van der Waals surface area contributed by atoms with E-state index >= 15 is 0 Å². The van der Waals surface area contributed by atoms with Gasteiger partial charge in [0.1, 0.15) is 6.61 Å². The van der Waals surface area contributed by atoms with Gasteiger partial charge in [0.05, 0.1) is 30.0 Å². The number of carbonyl (C=O) groups is 2. The standard InChI is InChI=1S/C20H20O6/c21-16-12-2-1-3-15-19(12,10-24-16)6-4-13-17(22)26-18-20(13,15)8-14(25-18)11-5-7-23-9-11/h2,5,7,9,13-15,18H,1,3-4,6,8,10H2/t13-,14-,15-,18-,19-,20+/m0/s1. The number of ether oxygens (including phenoxy) is 3. The molecule has 0 unspecified atom stereocenters. The van der Waals surface area contributed by atoms with Crippen LogP contribution in [0.15, 0.2) is 34.7 Å². The lowest BCUT2D eigenvalue weighted by Crippen LogP contribution is -2.54. The van der Waals surface area contributed by atoms with Gasteiger partial charge >= 0.3 is 11.9 Å². The molecule has 0 amide bonds. The third-order valence-corrected chi connectivity index (χ3v) is 7.55. The third-order valence-electron chi connectivity index (χ3n) is 7.55. The molecule has 3 aliphatic heterocycles. The van der Waals surface area contributed by atoms with Crippen molar-refractivity contribution in [3.05, 3.63) is 35.8 Å². The van der Waals surface area contributed by atoms with E-state index in [1.165, 1.54) is 0 Å². The molecule has 6 heteroatoms. The summed E-state index contributed by atoms with van der Waals surface area (Å²) in [6.07, 6.45) is 8.73. The Morgan fingerprint density at radius 2 is 2.12 bits per heavy atom. The predicted octanol–water partition coefficient (Wildman–Crippen LogP) is 2.90. The molecule has 2 aliphatic carbocycles. The number of hydrogen-bond donors (Lipinski definition) is 0. The van der Waals surface area contributed by atoms with E-state index in [4.69, 9.17) is 18.6 Å². The molecule has 6 rings (SSSR count). The van der Waals surface area contributed by atoms with E-state index in [9.17, 15) is 9.59 Å². The smallest absolute Gasteiger partial charge is 0.334 e. The van der Waals surface area contributed by atoms with Crippen molar-refractivity contribution in [1.82, 2.24) is 0 Å².